The Morgan fingerprint density at radius 3 is 2.43 bits per heavy atom. The Kier molecular flexibility index (Phi) is 9.10. The number of phosphoric acid groups is 1. The van der Waals surface area contributed by atoms with E-state index >= 15 is 0 Å². The monoisotopic (exact) mass is 599 g/mol. The number of carbonyl (C=O) groups excluding carboxylic acids is 5. The lowest BCUT2D eigenvalue weighted by Gasteiger charge is -2.28. The van der Waals surface area contributed by atoms with Gasteiger partial charge in [0.2, 0.25) is 29.5 Å². The van der Waals surface area contributed by atoms with Gasteiger partial charge < -0.3 is 26.6 Å². The summed E-state index contributed by atoms with van der Waals surface area (Å²) in [6.45, 7) is 0. The predicted octanol–water partition coefficient (Wildman–Crippen LogP) is -0.204. The van der Waals surface area contributed by atoms with E-state index in [4.69, 9.17) is 21.3 Å². The van der Waals surface area contributed by atoms with Gasteiger partial charge in [0, 0.05) is 18.9 Å². The molecule has 222 valence electrons. The summed E-state index contributed by atoms with van der Waals surface area (Å²) in [6.07, 6.45) is 3.32. The molecule has 0 unspecified atom stereocenters. The Labute approximate surface area is 240 Å². The number of nitrogens with one attached hydrogen (secondary N) is 2. The first kappa shape index (κ1) is 30.4. The molecular formula is C27H30N5O9P. The minimum Gasteiger partial charge on any atom is -0.404 e. The number of hydrogen-bond acceptors (Lipinski definition) is 7. The van der Waals surface area contributed by atoms with E-state index in [0.717, 1.165) is 11.1 Å². The molecule has 14 nitrogen and oxygen atoms in total. The largest absolute Gasteiger partial charge is 0.524 e. The van der Waals surface area contributed by atoms with Crippen LogP contribution in [0.5, 0.6) is 5.75 Å². The highest BCUT2D eigenvalue weighted by molar-refractivity contribution is 7.46. The average molecular weight is 600 g/mol. The highest BCUT2D eigenvalue weighted by Gasteiger charge is 2.44. The molecule has 15 heteroatoms. The maximum atomic E-state index is 13.8. The second-order valence-electron chi connectivity index (χ2n) is 9.91. The third kappa shape index (κ3) is 7.40. The molecule has 8 N–H and O–H groups in total. The first-order valence-electron chi connectivity index (χ1n) is 13.0. The van der Waals surface area contributed by atoms with Gasteiger partial charge in [0.15, 0.2) is 0 Å². The summed E-state index contributed by atoms with van der Waals surface area (Å²) in [5.74, 6) is -3.25. The summed E-state index contributed by atoms with van der Waals surface area (Å²) in [6, 6.07) is 7.99. The molecule has 0 bridgehead atoms. The summed E-state index contributed by atoms with van der Waals surface area (Å²) in [5.41, 5.74) is 13.3. The number of amides is 5. The second-order valence-corrected chi connectivity index (χ2v) is 11.1. The minimum absolute atomic E-state index is 0.0489. The van der Waals surface area contributed by atoms with Crippen LogP contribution in [-0.4, -0.2) is 57.4 Å². The molecule has 2 aromatic carbocycles. The molecule has 0 saturated carbocycles. The smallest absolute Gasteiger partial charge is 0.404 e. The number of primary amides is 2. The summed E-state index contributed by atoms with van der Waals surface area (Å²) in [5, 5.41) is 5.23. The summed E-state index contributed by atoms with van der Waals surface area (Å²) >= 11 is 0. The zero-order valence-corrected chi connectivity index (χ0v) is 23.2. The first-order valence-corrected chi connectivity index (χ1v) is 14.5. The van der Waals surface area contributed by atoms with Crippen molar-refractivity contribution in [3.05, 3.63) is 65.2 Å². The summed E-state index contributed by atoms with van der Waals surface area (Å²) < 4.78 is 15.4. The Morgan fingerprint density at radius 2 is 1.79 bits per heavy atom. The number of carbonyl (C=O) groups is 5. The van der Waals surface area contributed by atoms with Crippen molar-refractivity contribution in [1.82, 2.24) is 10.6 Å². The molecule has 4 rings (SSSR count). The Bertz CT molecular complexity index is 1490. The zero-order chi connectivity index (χ0) is 30.6. The maximum Gasteiger partial charge on any atom is 0.524 e. The van der Waals surface area contributed by atoms with Crippen LogP contribution in [0.1, 0.15) is 36.0 Å². The van der Waals surface area contributed by atoms with E-state index in [0.29, 0.717) is 17.7 Å². The van der Waals surface area contributed by atoms with E-state index in [-0.39, 0.29) is 31.4 Å². The van der Waals surface area contributed by atoms with Crippen molar-refractivity contribution in [2.75, 3.05) is 4.90 Å². The molecule has 0 fully saturated rings. The number of phosphoric ester groups is 1. The van der Waals surface area contributed by atoms with Crippen LogP contribution in [0.4, 0.5) is 5.69 Å². The lowest BCUT2D eigenvalue weighted by Crippen LogP contribution is -2.56. The van der Waals surface area contributed by atoms with Crippen LogP contribution in [0, 0.1) is 0 Å². The minimum atomic E-state index is -4.70. The van der Waals surface area contributed by atoms with Gasteiger partial charge in [-0.3, -0.25) is 38.7 Å². The first-order chi connectivity index (χ1) is 19.8. The highest BCUT2D eigenvalue weighted by Crippen LogP contribution is 2.39. The molecule has 5 amide bonds. The van der Waals surface area contributed by atoms with Gasteiger partial charge in [-0.2, -0.15) is 0 Å². The molecule has 2 aliphatic heterocycles. The second kappa shape index (κ2) is 12.6. The van der Waals surface area contributed by atoms with Gasteiger partial charge in [0.05, 0.1) is 5.69 Å². The third-order valence-electron chi connectivity index (χ3n) is 6.90. The topological polar surface area (TPSA) is 231 Å². The van der Waals surface area contributed by atoms with Gasteiger partial charge >= 0.3 is 7.82 Å². The molecule has 0 spiro atoms. The van der Waals surface area contributed by atoms with Gasteiger partial charge in [-0.25, -0.2) is 4.57 Å². The SMILES string of the molecule is NC(=O)CC[C@H](NC(=O)[C@@H]1Cc2cccc3c2N1C(=O)[C@@H](NC(=O)/C=C/c1ccc(OP(=O)(O)O)cc1)CC3)C(N)=O. The van der Waals surface area contributed by atoms with Crippen LogP contribution in [0.2, 0.25) is 0 Å². The van der Waals surface area contributed by atoms with E-state index in [2.05, 4.69) is 15.2 Å². The number of rotatable bonds is 11. The summed E-state index contributed by atoms with van der Waals surface area (Å²) in [7, 11) is -4.70. The predicted molar refractivity (Wildman–Crippen MR) is 149 cm³/mol. The molecule has 3 atom stereocenters. The normalized spacial score (nSPS) is 18.6. The van der Waals surface area contributed by atoms with Crippen LogP contribution < -0.4 is 31.5 Å². The van der Waals surface area contributed by atoms with Crippen molar-refractivity contribution in [3.8, 4) is 5.75 Å². The van der Waals surface area contributed by atoms with E-state index in [1.54, 1.807) is 0 Å². The number of anilines is 1. The zero-order valence-electron chi connectivity index (χ0n) is 22.3. The lowest BCUT2D eigenvalue weighted by molar-refractivity contribution is -0.130. The number of hydrogen-bond donors (Lipinski definition) is 6. The van der Waals surface area contributed by atoms with Crippen molar-refractivity contribution in [2.45, 2.75) is 50.2 Å². The van der Waals surface area contributed by atoms with Gasteiger partial charge in [-0.1, -0.05) is 30.3 Å². The van der Waals surface area contributed by atoms with Crippen LogP contribution >= 0.6 is 7.82 Å². The molecule has 2 aliphatic rings. The van der Waals surface area contributed by atoms with Crippen molar-refractivity contribution in [3.63, 3.8) is 0 Å². The Hall–Kier alpha value is -4.52. The van der Waals surface area contributed by atoms with E-state index in [9.17, 15) is 28.5 Å². The van der Waals surface area contributed by atoms with Gasteiger partial charge in [-0.15, -0.1) is 0 Å². The number of nitrogens with zero attached hydrogens (tertiary/aromatic N) is 1. The maximum absolute atomic E-state index is 13.8. The van der Waals surface area contributed by atoms with Crippen LogP contribution in [-0.2, 0) is 41.4 Å². The van der Waals surface area contributed by atoms with Crippen LogP contribution in [0.3, 0.4) is 0 Å². The fourth-order valence-corrected chi connectivity index (χ4v) is 5.38. The molecule has 2 aromatic rings. The fourth-order valence-electron chi connectivity index (χ4n) is 4.98. The standard InChI is InChI=1S/C27H30N5O9P/c28-22(33)12-11-19(25(29)35)31-26(36)21-14-17-3-1-2-16-7-10-20(27(37)32(21)24(16)17)30-23(34)13-6-15-4-8-18(9-5-15)41-42(38,39)40/h1-6,8-9,13,19-21H,7,10-12,14H2,(H2,28,33)(H2,29,35)(H,30,34)(H,31,36)(H2,38,39,40)/b13-6+/t19-,20-,21-/m0/s1. The van der Waals surface area contributed by atoms with Crippen LogP contribution in [0.15, 0.2) is 48.5 Å². The molecule has 0 saturated heterocycles. The van der Waals surface area contributed by atoms with Crippen molar-refractivity contribution >= 4 is 49.1 Å². The van der Waals surface area contributed by atoms with Crippen molar-refractivity contribution in [2.24, 2.45) is 11.5 Å². The number of benzene rings is 2. The molecule has 0 aromatic heterocycles. The quantitative estimate of drug-likeness (QED) is 0.148. The summed E-state index contributed by atoms with van der Waals surface area (Å²) in [4.78, 5) is 82.1. The number of nitrogens with two attached hydrogens (primary N) is 2. The highest BCUT2D eigenvalue weighted by atomic mass is 31.2. The fraction of sp³-hybridized carbons (Fsp3) is 0.296. The van der Waals surface area contributed by atoms with Crippen molar-refractivity contribution < 1.29 is 42.8 Å². The molecule has 0 aliphatic carbocycles. The molecule has 42 heavy (non-hydrogen) atoms. The number of para-hydroxylation sites is 1. The molecular weight excluding hydrogens is 569 g/mol. The molecule has 2 heterocycles. The van der Waals surface area contributed by atoms with E-state index in [1.165, 1.54) is 41.3 Å². The Balaban J connectivity index is 1.48. The van der Waals surface area contributed by atoms with Crippen molar-refractivity contribution in [1.29, 1.82) is 0 Å². The number of aryl methyl sites for hydroxylation is 1. The van der Waals surface area contributed by atoms with Gasteiger partial charge in [0.25, 0.3) is 0 Å². The van der Waals surface area contributed by atoms with Gasteiger partial charge in [-0.05, 0) is 54.2 Å². The van der Waals surface area contributed by atoms with E-state index in [1.807, 2.05) is 18.2 Å². The lowest BCUT2D eigenvalue weighted by atomic mass is 10.0. The van der Waals surface area contributed by atoms with Crippen LogP contribution in [0.25, 0.3) is 6.08 Å². The Morgan fingerprint density at radius 1 is 1.10 bits per heavy atom. The third-order valence-corrected chi connectivity index (χ3v) is 7.35. The molecule has 0 radical (unpaired) electrons. The van der Waals surface area contributed by atoms with E-state index < -0.39 is 55.5 Å². The average Bonchev–Trinajstić information content (AvgIpc) is 3.25. The van der Waals surface area contributed by atoms with Gasteiger partial charge in [0.1, 0.15) is 23.9 Å².